The van der Waals surface area contributed by atoms with Crippen LogP contribution < -0.4 is 0 Å². The Kier molecular flexibility index (Phi) is 5.42. The summed E-state index contributed by atoms with van der Waals surface area (Å²) in [5, 5.41) is 20.3. The standard InChI is InChI=1S/C18H25NO4/c1-13(2)10-16(21)19-9-8-18(17(22)23,15(20)12-19)11-14-6-4-3-5-7-14/h3-7,13,15,20H,8-12H2,1-2H3,(H,22,23)/t15-,18+/m0/s1. The molecule has 126 valence electrons. The second-order valence-electron chi connectivity index (χ2n) is 6.83. The number of carboxylic acid groups (broad SMARTS) is 1. The minimum absolute atomic E-state index is 0.0160. The molecular formula is C18H25NO4. The Morgan fingerprint density at radius 1 is 1.30 bits per heavy atom. The van der Waals surface area contributed by atoms with Gasteiger partial charge in [0, 0.05) is 19.5 Å². The van der Waals surface area contributed by atoms with Crippen LogP contribution in [-0.4, -0.2) is 46.2 Å². The van der Waals surface area contributed by atoms with Crippen molar-refractivity contribution in [2.45, 2.75) is 39.2 Å². The Morgan fingerprint density at radius 2 is 1.96 bits per heavy atom. The highest BCUT2D eigenvalue weighted by Crippen LogP contribution is 2.36. The highest BCUT2D eigenvalue weighted by Gasteiger charge is 2.49. The van der Waals surface area contributed by atoms with Gasteiger partial charge in [0.25, 0.3) is 0 Å². The molecule has 1 heterocycles. The minimum Gasteiger partial charge on any atom is -0.481 e. The van der Waals surface area contributed by atoms with Crippen molar-refractivity contribution in [3.8, 4) is 0 Å². The van der Waals surface area contributed by atoms with E-state index in [2.05, 4.69) is 0 Å². The van der Waals surface area contributed by atoms with Gasteiger partial charge < -0.3 is 15.1 Å². The number of piperidine rings is 1. The predicted molar refractivity (Wildman–Crippen MR) is 86.9 cm³/mol. The largest absolute Gasteiger partial charge is 0.481 e. The van der Waals surface area contributed by atoms with Crippen molar-refractivity contribution in [3.05, 3.63) is 35.9 Å². The number of aliphatic hydroxyl groups is 1. The van der Waals surface area contributed by atoms with E-state index < -0.39 is 17.5 Å². The summed E-state index contributed by atoms with van der Waals surface area (Å²) in [4.78, 5) is 25.6. The molecule has 2 N–H and O–H groups in total. The monoisotopic (exact) mass is 319 g/mol. The van der Waals surface area contributed by atoms with Crippen molar-refractivity contribution in [2.24, 2.45) is 11.3 Å². The number of rotatable bonds is 5. The molecule has 0 bridgehead atoms. The summed E-state index contributed by atoms with van der Waals surface area (Å²) in [6.45, 7) is 4.40. The van der Waals surface area contributed by atoms with E-state index in [4.69, 9.17) is 0 Å². The van der Waals surface area contributed by atoms with Gasteiger partial charge in [-0.1, -0.05) is 44.2 Å². The number of carbonyl (C=O) groups is 2. The molecule has 0 aromatic heterocycles. The Morgan fingerprint density at radius 3 is 2.48 bits per heavy atom. The van der Waals surface area contributed by atoms with Crippen molar-refractivity contribution in [3.63, 3.8) is 0 Å². The van der Waals surface area contributed by atoms with Crippen molar-refractivity contribution < 1.29 is 19.8 Å². The molecule has 5 nitrogen and oxygen atoms in total. The van der Waals surface area contributed by atoms with Crippen LogP contribution in [0.25, 0.3) is 0 Å². The first-order chi connectivity index (χ1) is 10.8. The molecule has 5 heteroatoms. The van der Waals surface area contributed by atoms with Gasteiger partial charge in [0.15, 0.2) is 0 Å². The van der Waals surface area contributed by atoms with E-state index >= 15 is 0 Å². The smallest absolute Gasteiger partial charge is 0.312 e. The van der Waals surface area contributed by atoms with E-state index in [0.717, 1.165) is 5.56 Å². The van der Waals surface area contributed by atoms with E-state index in [1.807, 2.05) is 44.2 Å². The second-order valence-corrected chi connectivity index (χ2v) is 6.83. The molecule has 1 aliphatic rings. The van der Waals surface area contributed by atoms with E-state index in [9.17, 15) is 19.8 Å². The van der Waals surface area contributed by atoms with Crippen LogP contribution >= 0.6 is 0 Å². The Balaban J connectivity index is 2.14. The molecule has 1 fully saturated rings. The number of hydrogen-bond donors (Lipinski definition) is 2. The zero-order chi connectivity index (χ0) is 17.0. The van der Waals surface area contributed by atoms with Crippen LogP contribution in [0.5, 0.6) is 0 Å². The van der Waals surface area contributed by atoms with Gasteiger partial charge in [-0.15, -0.1) is 0 Å². The van der Waals surface area contributed by atoms with Crippen LogP contribution in [-0.2, 0) is 16.0 Å². The van der Waals surface area contributed by atoms with Crippen molar-refractivity contribution in [2.75, 3.05) is 13.1 Å². The second kappa shape index (κ2) is 7.13. The summed E-state index contributed by atoms with van der Waals surface area (Å²) in [6.07, 6.45) is -0.102. The van der Waals surface area contributed by atoms with Gasteiger partial charge in [-0.05, 0) is 24.3 Å². The Labute approximate surface area is 136 Å². The number of amides is 1. The molecule has 0 spiro atoms. The lowest BCUT2D eigenvalue weighted by atomic mass is 9.71. The predicted octanol–water partition coefficient (Wildman–Crippen LogP) is 1.94. The number of β-amino-alcohol motifs (C(OH)–C–C–N with tert-alkyl or cyclic N) is 1. The van der Waals surface area contributed by atoms with Gasteiger partial charge >= 0.3 is 5.97 Å². The van der Waals surface area contributed by atoms with Crippen LogP contribution in [0.1, 0.15) is 32.3 Å². The molecule has 0 aliphatic carbocycles. The maximum absolute atomic E-state index is 12.2. The number of benzene rings is 1. The average molecular weight is 319 g/mol. The van der Waals surface area contributed by atoms with Gasteiger partial charge in [0.2, 0.25) is 5.91 Å². The van der Waals surface area contributed by atoms with Crippen LogP contribution in [0.15, 0.2) is 30.3 Å². The number of aliphatic hydroxyl groups excluding tert-OH is 1. The molecule has 1 aliphatic heterocycles. The molecule has 23 heavy (non-hydrogen) atoms. The lowest BCUT2D eigenvalue weighted by Crippen LogP contribution is -2.57. The molecule has 2 rings (SSSR count). The number of hydrogen-bond acceptors (Lipinski definition) is 3. The molecule has 2 atom stereocenters. The maximum Gasteiger partial charge on any atom is 0.312 e. The summed E-state index contributed by atoms with van der Waals surface area (Å²) in [6, 6.07) is 9.33. The molecule has 1 saturated heterocycles. The van der Waals surface area contributed by atoms with E-state index in [-0.39, 0.29) is 31.2 Å². The molecule has 1 aromatic carbocycles. The normalized spacial score (nSPS) is 24.7. The van der Waals surface area contributed by atoms with Gasteiger partial charge in [0.1, 0.15) is 5.41 Å². The highest BCUT2D eigenvalue weighted by atomic mass is 16.4. The Hall–Kier alpha value is -1.88. The quantitative estimate of drug-likeness (QED) is 0.869. The van der Waals surface area contributed by atoms with Crippen LogP contribution in [0.3, 0.4) is 0 Å². The summed E-state index contributed by atoms with van der Waals surface area (Å²) >= 11 is 0. The van der Waals surface area contributed by atoms with Crippen LogP contribution in [0, 0.1) is 11.3 Å². The van der Waals surface area contributed by atoms with E-state index in [1.54, 1.807) is 4.90 Å². The first kappa shape index (κ1) is 17.5. The minimum atomic E-state index is -1.23. The van der Waals surface area contributed by atoms with Crippen molar-refractivity contribution in [1.82, 2.24) is 4.90 Å². The van der Waals surface area contributed by atoms with Gasteiger partial charge in [-0.2, -0.15) is 0 Å². The van der Waals surface area contributed by atoms with Crippen molar-refractivity contribution in [1.29, 1.82) is 0 Å². The summed E-state index contributed by atoms with van der Waals surface area (Å²) < 4.78 is 0. The third-order valence-electron chi connectivity index (χ3n) is 4.58. The maximum atomic E-state index is 12.2. The van der Waals surface area contributed by atoms with Crippen LogP contribution in [0.2, 0.25) is 0 Å². The molecular weight excluding hydrogens is 294 g/mol. The molecule has 1 aromatic rings. The van der Waals surface area contributed by atoms with E-state index in [0.29, 0.717) is 13.0 Å². The van der Waals surface area contributed by atoms with Crippen molar-refractivity contribution >= 4 is 11.9 Å². The summed E-state index contributed by atoms with van der Waals surface area (Å²) in [7, 11) is 0. The van der Waals surface area contributed by atoms with Gasteiger partial charge in [0.05, 0.1) is 6.10 Å². The lowest BCUT2D eigenvalue weighted by Gasteiger charge is -2.43. The fraction of sp³-hybridized carbons (Fsp3) is 0.556. The Bertz CT molecular complexity index is 557. The SMILES string of the molecule is CC(C)CC(=O)N1CC[C@](Cc2ccccc2)(C(=O)O)[C@@H](O)C1. The number of aliphatic carboxylic acids is 1. The fourth-order valence-electron chi connectivity index (χ4n) is 3.17. The summed E-state index contributed by atoms with van der Waals surface area (Å²) in [5.74, 6) is -0.766. The zero-order valence-electron chi connectivity index (χ0n) is 13.7. The number of carbonyl (C=O) groups excluding carboxylic acids is 1. The van der Waals surface area contributed by atoms with Crippen LogP contribution in [0.4, 0.5) is 0 Å². The third kappa shape index (κ3) is 3.91. The zero-order valence-corrected chi connectivity index (χ0v) is 13.7. The topological polar surface area (TPSA) is 77.8 Å². The van der Waals surface area contributed by atoms with E-state index in [1.165, 1.54) is 0 Å². The molecule has 0 radical (unpaired) electrons. The van der Waals surface area contributed by atoms with Gasteiger partial charge in [-0.25, -0.2) is 0 Å². The summed E-state index contributed by atoms with van der Waals surface area (Å²) in [5.41, 5.74) is -0.341. The molecule has 0 unspecified atom stereocenters. The molecule has 1 amide bonds. The third-order valence-corrected chi connectivity index (χ3v) is 4.58. The van der Waals surface area contributed by atoms with Gasteiger partial charge in [-0.3, -0.25) is 9.59 Å². The highest BCUT2D eigenvalue weighted by molar-refractivity contribution is 5.79. The first-order valence-corrected chi connectivity index (χ1v) is 8.08. The molecule has 0 saturated carbocycles. The first-order valence-electron chi connectivity index (χ1n) is 8.08. The number of carboxylic acids is 1. The number of likely N-dealkylation sites (tertiary alicyclic amines) is 1. The lowest BCUT2D eigenvalue weighted by molar-refractivity contribution is -0.166. The fourth-order valence-corrected chi connectivity index (χ4v) is 3.17. The average Bonchev–Trinajstić information content (AvgIpc) is 2.49. The number of nitrogens with zero attached hydrogens (tertiary/aromatic N) is 1.